The Balaban J connectivity index is 2.05. The quantitative estimate of drug-likeness (QED) is 0.647. The number of rotatable bonds is 0. The molecule has 0 radical (unpaired) electrons. The molecule has 0 aromatic rings. The molecule has 1 aliphatic carbocycles. The van der Waals surface area contributed by atoms with E-state index in [-0.39, 0.29) is 11.7 Å². The molecule has 0 aromatic heterocycles. The van der Waals surface area contributed by atoms with Crippen molar-refractivity contribution < 1.29 is 9.53 Å². The van der Waals surface area contributed by atoms with Crippen LogP contribution < -0.4 is 5.32 Å². The lowest BCUT2D eigenvalue weighted by Crippen LogP contribution is -2.50. The number of hydrogen-bond donors (Lipinski definition) is 1. The van der Waals surface area contributed by atoms with Crippen molar-refractivity contribution in [2.75, 3.05) is 6.54 Å². The van der Waals surface area contributed by atoms with Crippen LogP contribution in [0.25, 0.3) is 0 Å². The molecule has 3 atom stereocenters. The lowest BCUT2D eigenvalue weighted by Gasteiger charge is -2.44. The van der Waals surface area contributed by atoms with Crippen molar-refractivity contribution in [1.29, 1.82) is 0 Å². The van der Waals surface area contributed by atoms with Gasteiger partial charge in [-0.25, -0.2) is 4.79 Å². The lowest BCUT2D eigenvalue weighted by molar-refractivity contribution is -0.0608. The maximum Gasteiger partial charge on any atom is 0.407 e. The van der Waals surface area contributed by atoms with Gasteiger partial charge < -0.3 is 10.1 Å². The van der Waals surface area contributed by atoms with Crippen molar-refractivity contribution in [1.82, 2.24) is 5.32 Å². The number of alkyl carbamates (subject to hydrolysis) is 1. The van der Waals surface area contributed by atoms with Crippen molar-refractivity contribution >= 4 is 6.09 Å². The fraction of sp³-hybridized carbons (Fsp3) is 0.909. The average molecular weight is 197 g/mol. The zero-order chi connectivity index (χ0) is 10.2. The summed E-state index contributed by atoms with van der Waals surface area (Å²) in [5.41, 5.74) is -0.131. The van der Waals surface area contributed by atoms with Crippen LogP contribution in [-0.2, 0) is 4.74 Å². The highest BCUT2D eigenvalue weighted by Crippen LogP contribution is 2.41. The summed E-state index contributed by atoms with van der Waals surface area (Å²) in [6.07, 6.45) is 4.04. The van der Waals surface area contributed by atoms with Gasteiger partial charge in [-0.1, -0.05) is 13.8 Å². The SMILES string of the molecule is CC1CCC2(CCNC(=O)O2)CC1C. The molecule has 1 aliphatic heterocycles. The molecule has 80 valence electrons. The van der Waals surface area contributed by atoms with Gasteiger partial charge in [-0.2, -0.15) is 0 Å². The molecule has 3 nitrogen and oxygen atoms in total. The van der Waals surface area contributed by atoms with Gasteiger partial charge in [0, 0.05) is 13.0 Å². The van der Waals surface area contributed by atoms with E-state index in [1.807, 2.05) is 0 Å². The summed E-state index contributed by atoms with van der Waals surface area (Å²) in [6.45, 7) is 5.34. The summed E-state index contributed by atoms with van der Waals surface area (Å²) in [5, 5.41) is 2.72. The zero-order valence-corrected chi connectivity index (χ0v) is 9.01. The van der Waals surface area contributed by atoms with Crippen LogP contribution in [0.4, 0.5) is 4.79 Å². The third-order valence-corrected chi connectivity index (χ3v) is 3.88. The van der Waals surface area contributed by atoms with Gasteiger partial charge in [0.1, 0.15) is 5.60 Å². The standard InChI is InChI=1S/C11H19NO2/c1-8-3-4-11(7-9(8)2)5-6-12-10(13)14-11/h8-9H,3-7H2,1-2H3,(H,12,13). The minimum atomic E-state index is -0.224. The van der Waals surface area contributed by atoms with Gasteiger partial charge in [0.2, 0.25) is 0 Å². The van der Waals surface area contributed by atoms with Crippen LogP contribution in [0.3, 0.4) is 0 Å². The van der Waals surface area contributed by atoms with Gasteiger partial charge >= 0.3 is 6.09 Å². The largest absolute Gasteiger partial charge is 0.443 e. The minimum absolute atomic E-state index is 0.131. The Morgan fingerprint density at radius 3 is 2.79 bits per heavy atom. The van der Waals surface area contributed by atoms with Crippen LogP contribution in [0.2, 0.25) is 0 Å². The summed E-state index contributed by atoms with van der Waals surface area (Å²) >= 11 is 0. The van der Waals surface area contributed by atoms with Crippen LogP contribution in [0.15, 0.2) is 0 Å². The fourth-order valence-electron chi connectivity index (χ4n) is 2.66. The van der Waals surface area contributed by atoms with E-state index in [1.54, 1.807) is 0 Å². The Morgan fingerprint density at radius 1 is 1.36 bits per heavy atom. The molecule has 1 saturated heterocycles. The van der Waals surface area contributed by atoms with E-state index >= 15 is 0 Å². The molecule has 3 unspecified atom stereocenters. The first-order chi connectivity index (χ1) is 6.61. The molecule has 1 spiro atoms. The summed E-state index contributed by atoms with van der Waals surface area (Å²) < 4.78 is 5.48. The first-order valence-electron chi connectivity index (χ1n) is 5.58. The van der Waals surface area contributed by atoms with E-state index in [4.69, 9.17) is 4.74 Å². The highest BCUT2D eigenvalue weighted by atomic mass is 16.6. The van der Waals surface area contributed by atoms with Gasteiger partial charge in [0.05, 0.1) is 0 Å². The molecule has 1 amide bonds. The van der Waals surface area contributed by atoms with Gasteiger partial charge in [-0.15, -0.1) is 0 Å². The average Bonchev–Trinajstić information content (AvgIpc) is 2.12. The predicted octanol–water partition coefficient (Wildman–Crippen LogP) is 2.31. The number of carbonyl (C=O) groups excluding carboxylic acids is 1. The molecule has 2 aliphatic rings. The smallest absolute Gasteiger partial charge is 0.407 e. The van der Waals surface area contributed by atoms with Crippen LogP contribution >= 0.6 is 0 Å². The number of hydrogen-bond acceptors (Lipinski definition) is 2. The van der Waals surface area contributed by atoms with Crippen molar-refractivity contribution in [3.05, 3.63) is 0 Å². The number of ether oxygens (including phenoxy) is 1. The van der Waals surface area contributed by atoms with Crippen molar-refractivity contribution in [3.63, 3.8) is 0 Å². The molecular formula is C11H19NO2. The number of amides is 1. The van der Waals surface area contributed by atoms with Crippen LogP contribution in [0.1, 0.15) is 39.5 Å². The van der Waals surface area contributed by atoms with E-state index in [9.17, 15) is 4.79 Å². The van der Waals surface area contributed by atoms with E-state index in [2.05, 4.69) is 19.2 Å². The summed E-state index contributed by atoms with van der Waals surface area (Å²) in [5.74, 6) is 1.45. The number of nitrogens with one attached hydrogen (secondary N) is 1. The molecule has 0 aromatic carbocycles. The Bertz CT molecular complexity index is 241. The van der Waals surface area contributed by atoms with Crippen molar-refractivity contribution in [2.45, 2.75) is 45.1 Å². The van der Waals surface area contributed by atoms with E-state index in [1.165, 1.54) is 6.42 Å². The monoisotopic (exact) mass is 197 g/mol. The second-order valence-electron chi connectivity index (χ2n) is 4.95. The van der Waals surface area contributed by atoms with Crippen LogP contribution in [0, 0.1) is 11.8 Å². The number of carbonyl (C=O) groups is 1. The highest BCUT2D eigenvalue weighted by molar-refractivity contribution is 5.68. The molecule has 2 rings (SSSR count). The normalized spacial score (nSPS) is 43.1. The summed E-state index contributed by atoms with van der Waals surface area (Å²) in [4.78, 5) is 11.2. The third-order valence-electron chi connectivity index (χ3n) is 3.88. The van der Waals surface area contributed by atoms with Gasteiger partial charge in [0.15, 0.2) is 0 Å². The van der Waals surface area contributed by atoms with Crippen LogP contribution in [0.5, 0.6) is 0 Å². The van der Waals surface area contributed by atoms with Crippen molar-refractivity contribution in [3.8, 4) is 0 Å². The van der Waals surface area contributed by atoms with Gasteiger partial charge in [0.25, 0.3) is 0 Å². The second kappa shape index (κ2) is 3.44. The van der Waals surface area contributed by atoms with Gasteiger partial charge in [-0.05, 0) is 31.1 Å². The highest BCUT2D eigenvalue weighted by Gasteiger charge is 2.42. The first kappa shape index (κ1) is 9.81. The summed E-state index contributed by atoms with van der Waals surface area (Å²) in [6, 6.07) is 0. The molecule has 1 N–H and O–H groups in total. The maximum absolute atomic E-state index is 11.2. The molecule has 14 heavy (non-hydrogen) atoms. The Hall–Kier alpha value is -0.730. The topological polar surface area (TPSA) is 38.3 Å². The van der Waals surface area contributed by atoms with E-state index < -0.39 is 0 Å². The second-order valence-corrected chi connectivity index (χ2v) is 4.95. The Labute approximate surface area is 85.2 Å². The Kier molecular flexibility index (Phi) is 2.41. The molecule has 2 fully saturated rings. The van der Waals surface area contributed by atoms with Crippen molar-refractivity contribution in [2.24, 2.45) is 11.8 Å². The van der Waals surface area contributed by atoms with E-state index in [0.29, 0.717) is 5.92 Å². The Morgan fingerprint density at radius 2 is 2.14 bits per heavy atom. The fourth-order valence-corrected chi connectivity index (χ4v) is 2.66. The maximum atomic E-state index is 11.2. The van der Waals surface area contributed by atoms with Crippen LogP contribution in [-0.4, -0.2) is 18.2 Å². The van der Waals surface area contributed by atoms with Gasteiger partial charge in [-0.3, -0.25) is 0 Å². The van der Waals surface area contributed by atoms with E-state index in [0.717, 1.165) is 31.7 Å². The molecular weight excluding hydrogens is 178 g/mol. The minimum Gasteiger partial charge on any atom is -0.443 e. The summed E-state index contributed by atoms with van der Waals surface area (Å²) in [7, 11) is 0. The zero-order valence-electron chi connectivity index (χ0n) is 9.01. The molecule has 0 bridgehead atoms. The first-order valence-corrected chi connectivity index (χ1v) is 5.58. The molecule has 3 heteroatoms. The molecule has 1 saturated carbocycles. The lowest BCUT2D eigenvalue weighted by atomic mass is 9.71. The third kappa shape index (κ3) is 1.72. The predicted molar refractivity (Wildman–Crippen MR) is 54.0 cm³/mol. The molecule has 1 heterocycles.